The van der Waals surface area contributed by atoms with Crippen LogP contribution in [0.3, 0.4) is 0 Å². The van der Waals surface area contributed by atoms with Crippen LogP contribution in [0.4, 0.5) is 15.1 Å². The number of carbonyl (C=O) groups excluding carboxylic acids is 1. The van der Waals surface area contributed by atoms with Crippen LogP contribution in [0.5, 0.6) is 11.5 Å². The molecule has 3 rings (SSSR count). The van der Waals surface area contributed by atoms with Gasteiger partial charge in [-0.25, -0.2) is 14.2 Å². The minimum atomic E-state index is -0.365. The summed E-state index contributed by atoms with van der Waals surface area (Å²) in [6, 6.07) is 10.7. The standard InChI is InChI=1S/C15H13FN4O2/c1-17-15(21)20-14-18-12-6-5-11(8-13(12)19-14)22-10-4-2-3-9(16)7-10/h2-8H,1H3,(H3,17,18,19,20,21). The molecule has 0 aliphatic carbocycles. The van der Waals surface area contributed by atoms with Crippen molar-refractivity contribution in [2.75, 3.05) is 12.4 Å². The molecule has 0 bridgehead atoms. The van der Waals surface area contributed by atoms with Crippen LogP contribution in [-0.4, -0.2) is 23.0 Å². The molecule has 0 saturated carbocycles. The molecule has 3 N–H and O–H groups in total. The molecule has 0 aliphatic rings. The number of anilines is 1. The molecule has 2 aromatic carbocycles. The van der Waals surface area contributed by atoms with Crippen LogP contribution in [0, 0.1) is 5.82 Å². The minimum absolute atomic E-state index is 0.331. The van der Waals surface area contributed by atoms with Gasteiger partial charge in [0.1, 0.15) is 17.3 Å². The Kier molecular flexibility index (Phi) is 3.61. The highest BCUT2D eigenvalue weighted by Crippen LogP contribution is 2.25. The van der Waals surface area contributed by atoms with E-state index in [0.717, 1.165) is 0 Å². The summed E-state index contributed by atoms with van der Waals surface area (Å²) in [5.41, 5.74) is 1.37. The van der Waals surface area contributed by atoms with E-state index in [1.807, 2.05) is 0 Å². The molecular formula is C15H13FN4O2. The fourth-order valence-electron chi connectivity index (χ4n) is 1.95. The highest BCUT2D eigenvalue weighted by atomic mass is 19.1. The van der Waals surface area contributed by atoms with Crippen molar-refractivity contribution in [3.8, 4) is 11.5 Å². The molecule has 7 heteroatoms. The highest BCUT2D eigenvalue weighted by molar-refractivity contribution is 5.89. The van der Waals surface area contributed by atoms with Gasteiger partial charge < -0.3 is 15.0 Å². The number of aromatic amines is 1. The number of halogens is 1. The normalized spacial score (nSPS) is 10.5. The van der Waals surface area contributed by atoms with Gasteiger partial charge in [0, 0.05) is 19.2 Å². The smallest absolute Gasteiger partial charge is 0.321 e. The lowest BCUT2D eigenvalue weighted by Crippen LogP contribution is -2.24. The molecule has 0 saturated heterocycles. The van der Waals surface area contributed by atoms with E-state index in [4.69, 9.17) is 4.74 Å². The van der Waals surface area contributed by atoms with Gasteiger partial charge in [-0.15, -0.1) is 0 Å². The molecule has 1 aromatic heterocycles. The van der Waals surface area contributed by atoms with Crippen molar-refractivity contribution >= 4 is 23.0 Å². The number of hydrogen-bond donors (Lipinski definition) is 3. The number of carbonyl (C=O) groups is 1. The minimum Gasteiger partial charge on any atom is -0.457 e. The molecule has 2 amide bonds. The summed E-state index contributed by atoms with van der Waals surface area (Å²) in [6.07, 6.45) is 0. The fourth-order valence-corrected chi connectivity index (χ4v) is 1.95. The van der Waals surface area contributed by atoms with Crippen LogP contribution >= 0.6 is 0 Å². The Labute approximate surface area is 125 Å². The predicted molar refractivity (Wildman–Crippen MR) is 80.6 cm³/mol. The SMILES string of the molecule is CNC(=O)Nc1nc2ccc(Oc3cccc(F)c3)cc2[nH]1. The first-order valence-corrected chi connectivity index (χ1v) is 6.56. The van der Waals surface area contributed by atoms with Gasteiger partial charge in [-0.1, -0.05) is 6.07 Å². The van der Waals surface area contributed by atoms with Crippen molar-refractivity contribution in [2.24, 2.45) is 0 Å². The van der Waals surface area contributed by atoms with Crippen molar-refractivity contribution in [1.82, 2.24) is 15.3 Å². The number of aromatic nitrogens is 2. The number of H-pyrrole nitrogens is 1. The van der Waals surface area contributed by atoms with Crippen LogP contribution in [0.15, 0.2) is 42.5 Å². The zero-order valence-electron chi connectivity index (χ0n) is 11.7. The monoisotopic (exact) mass is 300 g/mol. The quantitative estimate of drug-likeness (QED) is 0.694. The number of ether oxygens (including phenoxy) is 1. The Bertz CT molecular complexity index is 831. The van der Waals surface area contributed by atoms with Gasteiger partial charge in [-0.05, 0) is 24.3 Å². The molecular weight excluding hydrogens is 287 g/mol. The second-order valence-corrected chi connectivity index (χ2v) is 4.53. The summed E-state index contributed by atoms with van der Waals surface area (Å²) in [6.45, 7) is 0. The van der Waals surface area contributed by atoms with E-state index in [9.17, 15) is 9.18 Å². The first-order valence-electron chi connectivity index (χ1n) is 6.56. The third kappa shape index (κ3) is 2.98. The molecule has 6 nitrogen and oxygen atoms in total. The summed E-state index contributed by atoms with van der Waals surface area (Å²) < 4.78 is 18.7. The van der Waals surface area contributed by atoms with E-state index >= 15 is 0 Å². The summed E-state index contributed by atoms with van der Waals surface area (Å²) in [5, 5.41) is 4.99. The lowest BCUT2D eigenvalue weighted by molar-refractivity contribution is 0.254. The lowest BCUT2D eigenvalue weighted by Gasteiger charge is -2.05. The number of nitrogens with zero attached hydrogens (tertiary/aromatic N) is 1. The van der Waals surface area contributed by atoms with E-state index in [-0.39, 0.29) is 11.8 Å². The fraction of sp³-hybridized carbons (Fsp3) is 0.0667. The molecule has 112 valence electrons. The number of fused-ring (bicyclic) bond motifs is 1. The largest absolute Gasteiger partial charge is 0.457 e. The first-order chi connectivity index (χ1) is 10.6. The number of nitrogens with one attached hydrogen (secondary N) is 3. The zero-order chi connectivity index (χ0) is 15.5. The second-order valence-electron chi connectivity index (χ2n) is 4.53. The topological polar surface area (TPSA) is 79.0 Å². The number of amides is 2. The van der Waals surface area contributed by atoms with E-state index < -0.39 is 0 Å². The maximum atomic E-state index is 13.1. The number of imidazole rings is 1. The average molecular weight is 300 g/mol. The summed E-state index contributed by atoms with van der Waals surface area (Å²) >= 11 is 0. The maximum absolute atomic E-state index is 13.1. The number of hydrogen-bond acceptors (Lipinski definition) is 3. The van der Waals surface area contributed by atoms with Gasteiger partial charge in [0.05, 0.1) is 11.0 Å². The highest BCUT2D eigenvalue weighted by Gasteiger charge is 2.07. The third-order valence-electron chi connectivity index (χ3n) is 2.94. The van der Waals surface area contributed by atoms with Gasteiger partial charge in [-0.3, -0.25) is 5.32 Å². The zero-order valence-corrected chi connectivity index (χ0v) is 11.7. The molecule has 3 aromatic rings. The lowest BCUT2D eigenvalue weighted by atomic mass is 10.3. The molecule has 22 heavy (non-hydrogen) atoms. The van der Waals surface area contributed by atoms with Crippen LogP contribution in [0.25, 0.3) is 11.0 Å². The third-order valence-corrected chi connectivity index (χ3v) is 2.94. The Morgan fingerprint density at radius 1 is 1.23 bits per heavy atom. The molecule has 0 aliphatic heterocycles. The maximum Gasteiger partial charge on any atom is 0.321 e. The molecule has 0 fully saturated rings. The molecule has 0 radical (unpaired) electrons. The Hall–Kier alpha value is -3.09. The van der Waals surface area contributed by atoms with Crippen molar-refractivity contribution in [1.29, 1.82) is 0 Å². The Morgan fingerprint density at radius 2 is 2.05 bits per heavy atom. The average Bonchev–Trinajstić information content (AvgIpc) is 2.88. The van der Waals surface area contributed by atoms with Crippen molar-refractivity contribution < 1.29 is 13.9 Å². The van der Waals surface area contributed by atoms with Gasteiger partial charge in [0.25, 0.3) is 0 Å². The van der Waals surface area contributed by atoms with Crippen molar-refractivity contribution in [2.45, 2.75) is 0 Å². The van der Waals surface area contributed by atoms with Crippen LogP contribution in [0.1, 0.15) is 0 Å². The van der Waals surface area contributed by atoms with Crippen molar-refractivity contribution in [3.05, 3.63) is 48.3 Å². The predicted octanol–water partition coefficient (Wildman–Crippen LogP) is 3.25. The second kappa shape index (κ2) is 5.72. The Morgan fingerprint density at radius 3 is 2.82 bits per heavy atom. The van der Waals surface area contributed by atoms with Gasteiger partial charge in [0.2, 0.25) is 5.95 Å². The van der Waals surface area contributed by atoms with E-state index in [0.29, 0.717) is 28.5 Å². The van der Waals surface area contributed by atoms with Gasteiger partial charge in [0.15, 0.2) is 0 Å². The van der Waals surface area contributed by atoms with Crippen molar-refractivity contribution in [3.63, 3.8) is 0 Å². The van der Waals surface area contributed by atoms with E-state index in [1.54, 1.807) is 30.3 Å². The van der Waals surface area contributed by atoms with Gasteiger partial charge in [-0.2, -0.15) is 0 Å². The van der Waals surface area contributed by atoms with E-state index in [1.165, 1.54) is 19.2 Å². The summed E-state index contributed by atoms with van der Waals surface area (Å²) in [4.78, 5) is 18.4. The molecule has 1 heterocycles. The first kappa shape index (κ1) is 13.9. The number of urea groups is 1. The van der Waals surface area contributed by atoms with Crippen LogP contribution < -0.4 is 15.4 Å². The summed E-state index contributed by atoms with van der Waals surface area (Å²) in [7, 11) is 1.52. The van der Waals surface area contributed by atoms with E-state index in [2.05, 4.69) is 20.6 Å². The number of rotatable bonds is 3. The van der Waals surface area contributed by atoms with Crippen LogP contribution in [0.2, 0.25) is 0 Å². The molecule has 0 atom stereocenters. The van der Waals surface area contributed by atoms with Crippen LogP contribution in [-0.2, 0) is 0 Å². The molecule has 0 spiro atoms. The summed E-state index contributed by atoms with van der Waals surface area (Å²) in [5.74, 6) is 0.908. The molecule has 0 unspecified atom stereocenters. The Balaban J connectivity index is 1.84. The van der Waals surface area contributed by atoms with Gasteiger partial charge >= 0.3 is 6.03 Å². The number of benzene rings is 2.